The van der Waals surface area contributed by atoms with Crippen LogP contribution in [0.5, 0.6) is 5.75 Å². The molecule has 1 atom stereocenters. The van der Waals surface area contributed by atoms with E-state index in [1.165, 1.54) is 12.1 Å². The van der Waals surface area contributed by atoms with Crippen molar-refractivity contribution in [2.45, 2.75) is 13.0 Å². The van der Waals surface area contributed by atoms with Gasteiger partial charge in [-0.1, -0.05) is 12.1 Å². The van der Waals surface area contributed by atoms with Crippen molar-refractivity contribution >= 4 is 11.7 Å². The number of carbonyl (C=O) groups is 1. The maximum atomic E-state index is 13.9. The number of rotatable bonds is 5. The first-order valence-corrected chi connectivity index (χ1v) is 6.44. The molecule has 0 bridgehead atoms. The van der Waals surface area contributed by atoms with Crippen molar-refractivity contribution < 1.29 is 19.0 Å². The Hall–Kier alpha value is -2.56. The molecule has 2 rings (SSSR count). The Morgan fingerprint density at radius 3 is 2.43 bits per heavy atom. The summed E-state index contributed by atoms with van der Waals surface area (Å²) < 4.78 is 18.9. The maximum Gasteiger partial charge on any atom is 0.335 e. The van der Waals surface area contributed by atoms with Crippen LogP contribution in [0.25, 0.3) is 0 Å². The zero-order valence-electron chi connectivity index (χ0n) is 11.8. The summed E-state index contributed by atoms with van der Waals surface area (Å²) in [6.07, 6.45) is 0. The van der Waals surface area contributed by atoms with Crippen LogP contribution in [0.3, 0.4) is 0 Å². The number of nitrogens with one attached hydrogen (secondary N) is 1. The Bertz CT molecular complexity index is 640. The number of hydrogen-bond donors (Lipinski definition) is 2. The molecule has 0 radical (unpaired) electrons. The topological polar surface area (TPSA) is 58.6 Å². The number of carboxylic acids is 1. The van der Waals surface area contributed by atoms with Gasteiger partial charge in [0.15, 0.2) is 0 Å². The molecule has 5 heteroatoms. The highest BCUT2D eigenvalue weighted by Crippen LogP contribution is 2.24. The number of aromatic carboxylic acids is 1. The van der Waals surface area contributed by atoms with E-state index >= 15 is 0 Å². The lowest BCUT2D eigenvalue weighted by molar-refractivity contribution is 0.0696. The summed E-state index contributed by atoms with van der Waals surface area (Å²) >= 11 is 0. The minimum absolute atomic E-state index is 0.0739. The second-order valence-corrected chi connectivity index (χ2v) is 4.64. The summed E-state index contributed by atoms with van der Waals surface area (Å²) in [5.74, 6) is -0.984. The molecule has 4 nitrogen and oxygen atoms in total. The van der Waals surface area contributed by atoms with Crippen molar-refractivity contribution in [2.24, 2.45) is 0 Å². The van der Waals surface area contributed by atoms with Crippen LogP contribution >= 0.6 is 0 Å². The minimum Gasteiger partial charge on any atom is -0.497 e. The van der Waals surface area contributed by atoms with Gasteiger partial charge in [-0.15, -0.1) is 0 Å². The Kier molecular flexibility index (Phi) is 4.42. The molecule has 0 saturated heterocycles. The molecule has 0 fully saturated rings. The molecule has 2 N–H and O–H groups in total. The van der Waals surface area contributed by atoms with E-state index in [1.54, 1.807) is 7.11 Å². The third kappa shape index (κ3) is 3.51. The van der Waals surface area contributed by atoms with Crippen molar-refractivity contribution in [1.82, 2.24) is 0 Å². The predicted octanol–water partition coefficient (Wildman–Crippen LogP) is 3.71. The van der Waals surface area contributed by atoms with Crippen LogP contribution in [0.2, 0.25) is 0 Å². The number of carboxylic acid groups (broad SMARTS) is 1. The Balaban J connectivity index is 2.14. The highest BCUT2D eigenvalue weighted by Gasteiger charge is 2.11. The van der Waals surface area contributed by atoms with Gasteiger partial charge in [-0.25, -0.2) is 9.18 Å². The van der Waals surface area contributed by atoms with Crippen molar-refractivity contribution in [1.29, 1.82) is 0 Å². The van der Waals surface area contributed by atoms with Crippen LogP contribution in [0.4, 0.5) is 10.1 Å². The molecule has 0 aliphatic rings. The van der Waals surface area contributed by atoms with Gasteiger partial charge < -0.3 is 15.2 Å². The van der Waals surface area contributed by atoms with Gasteiger partial charge in [-0.05, 0) is 42.8 Å². The van der Waals surface area contributed by atoms with Crippen LogP contribution in [-0.2, 0) is 0 Å². The predicted molar refractivity (Wildman–Crippen MR) is 78.4 cm³/mol. The minimum atomic E-state index is -1.15. The van der Waals surface area contributed by atoms with Gasteiger partial charge in [0.05, 0.1) is 18.4 Å². The first kappa shape index (κ1) is 14.8. The van der Waals surface area contributed by atoms with Crippen molar-refractivity contribution in [3.63, 3.8) is 0 Å². The van der Waals surface area contributed by atoms with E-state index in [1.807, 2.05) is 31.2 Å². The second-order valence-electron chi connectivity index (χ2n) is 4.64. The lowest BCUT2D eigenvalue weighted by atomic mass is 10.1. The monoisotopic (exact) mass is 289 g/mol. The zero-order chi connectivity index (χ0) is 15.4. The van der Waals surface area contributed by atoms with Gasteiger partial charge >= 0.3 is 5.97 Å². The highest BCUT2D eigenvalue weighted by molar-refractivity contribution is 5.88. The quantitative estimate of drug-likeness (QED) is 0.881. The number of benzene rings is 2. The van der Waals surface area contributed by atoms with Crippen molar-refractivity contribution in [3.05, 3.63) is 59.4 Å². The standard InChI is InChI=1S/C16H16FNO3/c1-10(11-3-6-13(21-2)7-4-11)18-15-8-5-12(16(19)20)9-14(15)17/h3-10,18H,1-2H3,(H,19,20). The molecule has 0 aliphatic carbocycles. The number of anilines is 1. The first-order chi connectivity index (χ1) is 10.0. The van der Waals surface area contributed by atoms with Crippen LogP contribution in [0, 0.1) is 5.82 Å². The molecule has 21 heavy (non-hydrogen) atoms. The first-order valence-electron chi connectivity index (χ1n) is 6.44. The normalized spacial score (nSPS) is 11.8. The largest absolute Gasteiger partial charge is 0.497 e. The maximum absolute atomic E-state index is 13.9. The van der Waals surface area contributed by atoms with Crippen LogP contribution in [0.1, 0.15) is 28.9 Å². The lowest BCUT2D eigenvalue weighted by Crippen LogP contribution is -2.08. The fourth-order valence-electron chi connectivity index (χ4n) is 1.97. The van der Waals surface area contributed by atoms with Gasteiger partial charge in [0.25, 0.3) is 0 Å². The number of methoxy groups -OCH3 is 1. The number of ether oxygens (including phenoxy) is 1. The summed E-state index contributed by atoms with van der Waals surface area (Å²) in [5, 5.41) is 11.8. The molecule has 0 aromatic heterocycles. The number of halogens is 1. The Morgan fingerprint density at radius 2 is 1.90 bits per heavy atom. The molecule has 0 aliphatic heterocycles. The third-order valence-corrected chi connectivity index (χ3v) is 3.20. The second kappa shape index (κ2) is 6.26. The van der Waals surface area contributed by atoms with Gasteiger partial charge in [-0.3, -0.25) is 0 Å². The average Bonchev–Trinajstić information content (AvgIpc) is 2.49. The fourth-order valence-corrected chi connectivity index (χ4v) is 1.97. The molecular formula is C16H16FNO3. The lowest BCUT2D eigenvalue weighted by Gasteiger charge is -2.16. The Morgan fingerprint density at radius 1 is 1.24 bits per heavy atom. The van der Waals surface area contributed by atoms with E-state index in [2.05, 4.69) is 5.32 Å². The van der Waals surface area contributed by atoms with E-state index in [0.717, 1.165) is 17.4 Å². The zero-order valence-corrected chi connectivity index (χ0v) is 11.8. The molecule has 2 aromatic carbocycles. The van der Waals surface area contributed by atoms with Gasteiger partial charge in [0, 0.05) is 6.04 Å². The molecule has 0 heterocycles. The van der Waals surface area contributed by atoms with Crippen molar-refractivity contribution in [2.75, 3.05) is 12.4 Å². The molecule has 0 amide bonds. The summed E-state index contributed by atoms with van der Waals surface area (Å²) in [6, 6.07) is 11.1. The van der Waals surface area contributed by atoms with E-state index in [9.17, 15) is 9.18 Å². The molecule has 0 spiro atoms. The van der Waals surface area contributed by atoms with Crippen LogP contribution in [-0.4, -0.2) is 18.2 Å². The van der Waals surface area contributed by atoms with E-state index < -0.39 is 11.8 Å². The third-order valence-electron chi connectivity index (χ3n) is 3.20. The van der Waals surface area contributed by atoms with E-state index in [0.29, 0.717) is 0 Å². The highest BCUT2D eigenvalue weighted by atomic mass is 19.1. The van der Waals surface area contributed by atoms with Crippen LogP contribution < -0.4 is 10.1 Å². The fraction of sp³-hybridized carbons (Fsp3) is 0.188. The summed E-state index contributed by atoms with van der Waals surface area (Å²) in [4.78, 5) is 10.8. The van der Waals surface area contributed by atoms with Crippen molar-refractivity contribution in [3.8, 4) is 5.75 Å². The summed E-state index contributed by atoms with van der Waals surface area (Å²) in [7, 11) is 1.59. The average molecular weight is 289 g/mol. The molecule has 2 aromatic rings. The molecule has 1 unspecified atom stereocenters. The summed E-state index contributed by atoms with van der Waals surface area (Å²) in [6.45, 7) is 1.90. The SMILES string of the molecule is COc1ccc(C(C)Nc2ccc(C(=O)O)cc2F)cc1. The Labute approximate surface area is 122 Å². The van der Waals surface area contributed by atoms with E-state index in [-0.39, 0.29) is 17.3 Å². The number of hydrogen-bond acceptors (Lipinski definition) is 3. The van der Waals surface area contributed by atoms with Gasteiger partial charge in [0.1, 0.15) is 11.6 Å². The van der Waals surface area contributed by atoms with E-state index in [4.69, 9.17) is 9.84 Å². The molecular weight excluding hydrogens is 273 g/mol. The smallest absolute Gasteiger partial charge is 0.335 e. The summed E-state index contributed by atoms with van der Waals surface area (Å²) in [5.41, 5.74) is 1.16. The van der Waals surface area contributed by atoms with Gasteiger partial charge in [-0.2, -0.15) is 0 Å². The molecule has 110 valence electrons. The molecule has 0 saturated carbocycles. The van der Waals surface area contributed by atoms with Crippen LogP contribution in [0.15, 0.2) is 42.5 Å². The van der Waals surface area contributed by atoms with Gasteiger partial charge in [0.2, 0.25) is 0 Å².